The minimum atomic E-state index is -0.815. The molecule has 2 unspecified atom stereocenters. The second-order valence-electron chi connectivity index (χ2n) is 7.69. The van der Waals surface area contributed by atoms with Gasteiger partial charge in [-0.3, -0.25) is 14.4 Å². The van der Waals surface area contributed by atoms with Crippen molar-refractivity contribution in [1.29, 1.82) is 0 Å². The molecule has 0 aromatic heterocycles. The number of phenols is 1. The van der Waals surface area contributed by atoms with E-state index in [0.717, 1.165) is 16.8 Å². The fourth-order valence-corrected chi connectivity index (χ4v) is 4.77. The molecule has 3 N–H and O–H groups in total. The topological polar surface area (TPSA) is 107 Å². The number of anilines is 1. The predicted molar refractivity (Wildman–Crippen MR) is 118 cm³/mol. The smallest absolute Gasteiger partial charge is 0.290 e. The van der Waals surface area contributed by atoms with Gasteiger partial charge in [0.15, 0.2) is 0 Å². The van der Waals surface area contributed by atoms with E-state index in [1.54, 1.807) is 17.0 Å². The van der Waals surface area contributed by atoms with Gasteiger partial charge in [0, 0.05) is 17.8 Å². The zero-order valence-corrected chi connectivity index (χ0v) is 17.1. The second-order valence-corrected chi connectivity index (χ2v) is 7.69. The van der Waals surface area contributed by atoms with Crippen LogP contribution in [0.2, 0.25) is 0 Å². The zero-order valence-electron chi connectivity index (χ0n) is 17.1. The molecule has 5 rings (SSSR count). The minimum absolute atomic E-state index is 0.0615. The average molecular weight is 430 g/mol. The van der Waals surface area contributed by atoms with E-state index in [1.165, 1.54) is 12.1 Å². The molecule has 0 saturated carbocycles. The molecule has 3 aromatic carbocycles. The van der Waals surface area contributed by atoms with Crippen molar-refractivity contribution in [3.05, 3.63) is 95.6 Å². The van der Waals surface area contributed by atoms with Crippen molar-refractivity contribution >= 4 is 24.0 Å². The summed E-state index contributed by atoms with van der Waals surface area (Å²) >= 11 is 0. The van der Waals surface area contributed by atoms with E-state index in [9.17, 15) is 14.7 Å². The predicted octanol–water partition coefficient (Wildman–Crippen LogP) is 3.57. The highest BCUT2D eigenvalue weighted by Gasteiger charge is 2.59. The molecular formula is C25H22N2O5. The maximum absolute atomic E-state index is 13.4. The molecule has 2 amide bonds. The molecule has 1 spiro atoms. The first-order valence-corrected chi connectivity index (χ1v) is 10.2. The molecule has 32 heavy (non-hydrogen) atoms. The van der Waals surface area contributed by atoms with Gasteiger partial charge in [0.1, 0.15) is 11.2 Å². The number of fused-ring (bicyclic) bond motifs is 2. The number of phenolic OH excluding ortho intramolecular Hbond substituents is 1. The van der Waals surface area contributed by atoms with Gasteiger partial charge in [0.25, 0.3) is 12.4 Å². The van der Waals surface area contributed by atoms with Crippen LogP contribution in [0.5, 0.6) is 5.75 Å². The SMILES string of the molecule is O=C(c1ccc(O)cc1)N1CCC2(C(=O)Nc3ccccc32)C1c1ccccc1.O=CO. The van der Waals surface area contributed by atoms with Crippen molar-refractivity contribution in [2.45, 2.75) is 17.9 Å². The standard InChI is InChI=1S/C24H20N2O3.CH2O2/c27-18-12-10-17(11-13-18)22(28)26-15-14-24(21(26)16-6-2-1-3-7-16)19-8-4-5-9-20(19)25-23(24)29;2-1-3/h1-13,21,27H,14-15H2,(H,25,29);1H,(H,2,3). The Hall–Kier alpha value is -4.13. The van der Waals surface area contributed by atoms with Crippen molar-refractivity contribution in [3.63, 3.8) is 0 Å². The molecule has 0 bridgehead atoms. The Labute approximate surface area is 184 Å². The first kappa shape index (κ1) is 21.1. The number of rotatable bonds is 2. The van der Waals surface area contributed by atoms with Gasteiger partial charge in [-0.1, -0.05) is 48.5 Å². The summed E-state index contributed by atoms with van der Waals surface area (Å²) in [6.45, 7) is 0.223. The molecule has 0 aliphatic carbocycles. The molecular weight excluding hydrogens is 408 g/mol. The first-order valence-electron chi connectivity index (χ1n) is 10.2. The number of nitrogens with one attached hydrogen (secondary N) is 1. The molecule has 162 valence electrons. The molecule has 0 radical (unpaired) electrons. The van der Waals surface area contributed by atoms with E-state index in [-0.39, 0.29) is 24.0 Å². The third-order valence-electron chi connectivity index (χ3n) is 6.08. The van der Waals surface area contributed by atoms with Crippen LogP contribution in [0.3, 0.4) is 0 Å². The number of para-hydroxylation sites is 1. The van der Waals surface area contributed by atoms with E-state index in [4.69, 9.17) is 9.90 Å². The lowest BCUT2D eigenvalue weighted by Crippen LogP contribution is -2.42. The Bertz CT molecular complexity index is 1150. The Balaban J connectivity index is 0.000000775. The lowest BCUT2D eigenvalue weighted by molar-refractivity contribution is -0.123. The molecule has 2 atom stereocenters. The molecule has 7 heteroatoms. The van der Waals surface area contributed by atoms with Gasteiger partial charge in [0.05, 0.1) is 6.04 Å². The van der Waals surface area contributed by atoms with E-state index in [2.05, 4.69) is 5.32 Å². The molecule has 7 nitrogen and oxygen atoms in total. The summed E-state index contributed by atoms with van der Waals surface area (Å²) in [5.74, 6) is -0.0929. The molecule has 1 saturated heterocycles. The van der Waals surface area contributed by atoms with Crippen molar-refractivity contribution < 1.29 is 24.6 Å². The number of amides is 2. The van der Waals surface area contributed by atoms with Crippen LogP contribution in [-0.2, 0) is 15.0 Å². The second kappa shape index (κ2) is 8.55. The number of carbonyl (C=O) groups excluding carboxylic acids is 2. The Kier molecular flexibility index (Phi) is 5.64. The number of hydrogen-bond donors (Lipinski definition) is 3. The fourth-order valence-electron chi connectivity index (χ4n) is 4.77. The molecule has 2 aliphatic rings. The van der Waals surface area contributed by atoms with Gasteiger partial charge in [-0.15, -0.1) is 0 Å². The van der Waals surface area contributed by atoms with Crippen LogP contribution >= 0.6 is 0 Å². The average Bonchev–Trinajstić information content (AvgIpc) is 3.34. The number of aromatic hydroxyl groups is 1. The number of nitrogens with zero attached hydrogens (tertiary/aromatic N) is 1. The van der Waals surface area contributed by atoms with Crippen LogP contribution in [0.15, 0.2) is 78.9 Å². The van der Waals surface area contributed by atoms with Gasteiger partial charge in [0.2, 0.25) is 5.91 Å². The van der Waals surface area contributed by atoms with Crippen LogP contribution in [0.4, 0.5) is 5.69 Å². The zero-order chi connectivity index (χ0) is 22.7. The van der Waals surface area contributed by atoms with Crippen LogP contribution in [0.25, 0.3) is 0 Å². The maximum atomic E-state index is 13.4. The summed E-state index contributed by atoms with van der Waals surface area (Å²) in [5, 5.41) is 19.5. The Morgan fingerprint density at radius 1 is 1.00 bits per heavy atom. The molecule has 1 fully saturated rings. The summed E-state index contributed by atoms with van der Waals surface area (Å²) in [4.78, 5) is 36.9. The van der Waals surface area contributed by atoms with Gasteiger partial charge in [-0.25, -0.2) is 0 Å². The molecule has 3 aromatic rings. The summed E-state index contributed by atoms with van der Waals surface area (Å²) < 4.78 is 0. The minimum Gasteiger partial charge on any atom is -0.508 e. The third-order valence-corrected chi connectivity index (χ3v) is 6.08. The monoisotopic (exact) mass is 430 g/mol. The maximum Gasteiger partial charge on any atom is 0.290 e. The number of carboxylic acid groups (broad SMARTS) is 1. The number of carbonyl (C=O) groups is 3. The summed E-state index contributed by atoms with van der Waals surface area (Å²) in [6.07, 6.45) is 0.555. The Morgan fingerprint density at radius 2 is 1.62 bits per heavy atom. The highest BCUT2D eigenvalue weighted by molar-refractivity contribution is 6.08. The number of hydrogen-bond acceptors (Lipinski definition) is 4. The van der Waals surface area contributed by atoms with Crippen LogP contribution in [0, 0.1) is 0 Å². The van der Waals surface area contributed by atoms with Crippen molar-refractivity contribution in [2.75, 3.05) is 11.9 Å². The lowest BCUT2D eigenvalue weighted by atomic mass is 9.72. The third kappa shape index (κ3) is 3.37. The fraction of sp³-hybridized carbons (Fsp3) is 0.160. The highest BCUT2D eigenvalue weighted by atomic mass is 16.3. The normalized spacial score (nSPS) is 20.8. The van der Waals surface area contributed by atoms with E-state index in [0.29, 0.717) is 18.5 Å². The van der Waals surface area contributed by atoms with Gasteiger partial charge in [-0.2, -0.15) is 0 Å². The van der Waals surface area contributed by atoms with E-state index in [1.807, 2.05) is 54.6 Å². The Morgan fingerprint density at radius 3 is 2.31 bits per heavy atom. The van der Waals surface area contributed by atoms with Gasteiger partial charge < -0.3 is 20.4 Å². The largest absolute Gasteiger partial charge is 0.508 e. The summed E-state index contributed by atoms with van der Waals surface area (Å²) in [7, 11) is 0. The van der Waals surface area contributed by atoms with Crippen LogP contribution < -0.4 is 5.32 Å². The van der Waals surface area contributed by atoms with E-state index >= 15 is 0 Å². The highest BCUT2D eigenvalue weighted by Crippen LogP contribution is 2.54. The first-order chi connectivity index (χ1) is 15.5. The van der Waals surface area contributed by atoms with Crippen molar-refractivity contribution in [1.82, 2.24) is 4.90 Å². The van der Waals surface area contributed by atoms with Crippen LogP contribution in [0.1, 0.15) is 33.9 Å². The molecule has 2 aliphatic heterocycles. The summed E-state index contributed by atoms with van der Waals surface area (Å²) in [6, 6.07) is 23.3. The lowest BCUT2D eigenvalue weighted by Gasteiger charge is -2.34. The van der Waals surface area contributed by atoms with Gasteiger partial charge in [-0.05, 0) is 47.9 Å². The summed E-state index contributed by atoms with van der Waals surface area (Å²) in [5.41, 5.74) is 2.37. The number of benzene rings is 3. The van der Waals surface area contributed by atoms with Crippen molar-refractivity contribution in [2.24, 2.45) is 0 Å². The van der Waals surface area contributed by atoms with Gasteiger partial charge >= 0.3 is 0 Å². The van der Waals surface area contributed by atoms with Crippen molar-refractivity contribution in [3.8, 4) is 5.75 Å². The quantitative estimate of drug-likeness (QED) is 0.539. The number of likely N-dealkylation sites (tertiary alicyclic amines) is 1. The van der Waals surface area contributed by atoms with E-state index < -0.39 is 11.5 Å². The van der Waals surface area contributed by atoms with Crippen LogP contribution in [-0.4, -0.2) is 39.9 Å². The molecule has 2 heterocycles.